The Morgan fingerprint density at radius 1 is 0.339 bits per heavy atom. The van der Waals surface area contributed by atoms with Crippen molar-refractivity contribution in [3.05, 3.63) is 320 Å². The van der Waals surface area contributed by atoms with Gasteiger partial charge in [-0.05, 0) is 152 Å². The summed E-state index contributed by atoms with van der Waals surface area (Å²) in [7, 11) is 12.2. The molecule has 1 aliphatic heterocycles. The number of anilines is 1. The summed E-state index contributed by atoms with van der Waals surface area (Å²) in [5, 5.41) is 20.7. The average molecular weight is 1620 g/mol. The largest absolute Gasteiger partial charge is 0.437 e. The van der Waals surface area contributed by atoms with Crippen molar-refractivity contribution in [2.75, 3.05) is 11.9 Å². The molecule has 20 nitrogen and oxygen atoms in total. The predicted octanol–water partition coefficient (Wildman–Crippen LogP) is 22.0. The van der Waals surface area contributed by atoms with E-state index in [0.717, 1.165) is 198 Å². The van der Waals surface area contributed by atoms with Crippen molar-refractivity contribution >= 4 is 171 Å². The van der Waals surface area contributed by atoms with Crippen LogP contribution in [0.25, 0.3) is 205 Å². The third kappa shape index (κ3) is 12.9. The fraction of sp³-hybridized carbons (Fsp3) is 0.125. The van der Waals surface area contributed by atoms with Crippen molar-refractivity contribution in [3.63, 3.8) is 0 Å². The van der Waals surface area contributed by atoms with Crippen LogP contribution in [0.2, 0.25) is 0 Å². The maximum Gasteiger partial charge on any atom is 0.334 e. The van der Waals surface area contributed by atoms with Crippen LogP contribution in [-0.2, 0) is 35.2 Å². The number of nitrogens with zero attached hydrogens (tertiary/aromatic N) is 15. The zero-order valence-electron chi connectivity index (χ0n) is 70.5. The highest BCUT2D eigenvalue weighted by Crippen LogP contribution is 2.44. The molecule has 0 radical (unpaired) electrons. The molecular formula is C104H85N15O5+4. The van der Waals surface area contributed by atoms with E-state index < -0.39 is 0 Å². The summed E-state index contributed by atoms with van der Waals surface area (Å²) >= 11 is 0. The molecule has 24 aromatic rings. The molecule has 0 fully saturated rings. The first-order valence-corrected chi connectivity index (χ1v) is 41.4. The standard InChI is InChI=1S/C21H18N3O.C21H19N3O.2C21H16N3O.C20H16N3O/c1-13-8-9-15-16-12-14-6-4-5-7-17(14)22-20(16)25-19(15)18(13)21-23(2)10-11-24(21)3;1-13-8-9-16-17-12-15-6-4-5-7-18(15)22-21(17)25-20(16)19(13)24-11-10-23(3)14(24)2;1-13-8-9-15-16-12-14-6-3-4-7-17(14)23-21(16)25-19(15)18(13)20-22-10-5-11-24(20)2;1-13-9-10-15-16-12-14-6-3-4-7-17(14)23-21(16)25-20(15)19(13)18-8-5-11-22-24(18)2;1-13-8-9-15-16-12-14-6-3-4-7-17(14)21-20(16)24-19(15)18(13)23-11-5-10-22(23)2/h4-12H,1-3H3;4-12,14H,1-3H3;2*3-12H,1-2H3;3-12H,1-2H3/q+1;;3*+1/t;14-;;;/m.0.../s1. The molecule has 14 aromatic heterocycles. The van der Waals surface area contributed by atoms with Gasteiger partial charge in [-0.1, -0.05) is 150 Å². The minimum Gasteiger partial charge on any atom is -0.437 e. The van der Waals surface area contributed by atoms with E-state index in [2.05, 4.69) is 249 Å². The Labute approximate surface area is 710 Å². The Kier molecular flexibility index (Phi) is 18.4. The van der Waals surface area contributed by atoms with Crippen LogP contribution in [0.15, 0.2) is 314 Å². The van der Waals surface area contributed by atoms with E-state index in [1.807, 2.05) is 169 Å². The first-order chi connectivity index (χ1) is 60.4. The number of pyridine rings is 5. The van der Waals surface area contributed by atoms with Gasteiger partial charge in [-0.2, -0.15) is 0 Å². The van der Waals surface area contributed by atoms with Crippen LogP contribution in [0.3, 0.4) is 0 Å². The number of hydrogen-bond donors (Lipinski definition) is 0. The van der Waals surface area contributed by atoms with Gasteiger partial charge in [0.25, 0.3) is 5.82 Å². The SMILES string of the molecule is Cc1ccc2c(oc3nc4ccccc4cc32)c1-c1cccn[n+]1C.Cc1ccc2c(oc3nc4ccccc4cc32)c1-c1n(C)cc[n+]1C.Cc1ccc2c(oc3nc4ccccc4cc32)c1-c1nccc[n+]1C.Cc1ccc2c(oc3nc4ccccc4cc32)c1-n1ccc[n+]1C.Cc1ccc2c(oc3nc4ccccc4cc32)c1N1C=CN(C)[C@@H]1C. The lowest BCUT2D eigenvalue weighted by Gasteiger charge is -2.28. The molecule has 0 saturated heterocycles. The van der Waals surface area contributed by atoms with Crippen LogP contribution in [0.1, 0.15) is 34.7 Å². The highest BCUT2D eigenvalue weighted by molar-refractivity contribution is 6.16. The molecule has 10 aromatic carbocycles. The van der Waals surface area contributed by atoms with E-state index in [4.69, 9.17) is 47.0 Å². The molecule has 0 unspecified atom stereocenters. The number of rotatable bonds is 5. The number of furan rings is 5. The van der Waals surface area contributed by atoms with Crippen molar-refractivity contribution in [3.8, 4) is 39.7 Å². The Bertz CT molecular complexity index is 8270. The van der Waals surface area contributed by atoms with Gasteiger partial charge >= 0.3 is 5.82 Å². The molecular weight excluding hydrogens is 1540 g/mol. The molecule has 0 aliphatic carbocycles. The fourth-order valence-corrected chi connectivity index (χ4v) is 17.6. The Morgan fingerprint density at radius 3 is 1.15 bits per heavy atom. The molecule has 124 heavy (non-hydrogen) atoms. The molecule has 602 valence electrons. The second-order valence-corrected chi connectivity index (χ2v) is 32.1. The second-order valence-electron chi connectivity index (χ2n) is 32.1. The first kappa shape index (κ1) is 75.6. The average Bonchev–Trinajstić information content (AvgIpc) is 1.62. The molecule has 25 rings (SSSR count). The van der Waals surface area contributed by atoms with E-state index in [-0.39, 0.29) is 6.17 Å². The maximum absolute atomic E-state index is 6.27. The summed E-state index contributed by atoms with van der Waals surface area (Å²) < 4.78 is 43.5. The molecule has 0 N–H and O–H groups in total. The van der Waals surface area contributed by atoms with E-state index in [0.29, 0.717) is 28.6 Å². The highest BCUT2D eigenvalue weighted by Gasteiger charge is 2.30. The quantitative estimate of drug-likeness (QED) is 0.148. The number of fused-ring (bicyclic) bond motifs is 20. The van der Waals surface area contributed by atoms with Crippen LogP contribution in [0, 0.1) is 34.6 Å². The van der Waals surface area contributed by atoms with Crippen LogP contribution in [-0.4, -0.2) is 62.4 Å². The second kappa shape index (κ2) is 30.1. The summed E-state index contributed by atoms with van der Waals surface area (Å²) in [4.78, 5) is 32.6. The van der Waals surface area contributed by atoms with Gasteiger partial charge in [-0.3, -0.25) is 0 Å². The zero-order chi connectivity index (χ0) is 84.4. The Balaban J connectivity index is 0.0000000950. The van der Waals surface area contributed by atoms with Gasteiger partial charge in [0.05, 0.1) is 78.6 Å². The molecule has 20 heteroatoms. The molecule has 0 spiro atoms. The van der Waals surface area contributed by atoms with Gasteiger partial charge in [-0.15, -0.1) is 9.36 Å². The van der Waals surface area contributed by atoms with E-state index in [1.165, 1.54) is 11.1 Å². The van der Waals surface area contributed by atoms with Crippen LogP contribution >= 0.6 is 0 Å². The lowest BCUT2D eigenvalue weighted by Crippen LogP contribution is -2.37. The first-order valence-electron chi connectivity index (χ1n) is 41.4. The summed E-state index contributed by atoms with van der Waals surface area (Å²) in [6.45, 7) is 12.7. The van der Waals surface area contributed by atoms with Crippen molar-refractivity contribution < 1.29 is 40.6 Å². The summed E-state index contributed by atoms with van der Waals surface area (Å²) in [5.41, 5.74) is 24.8. The number of imidazole rings is 1. The maximum atomic E-state index is 6.27. The van der Waals surface area contributed by atoms with E-state index in [9.17, 15) is 0 Å². The fourth-order valence-electron chi connectivity index (χ4n) is 17.6. The topological polar surface area (TPSA) is 188 Å². The number of hydrogen-bond acceptors (Lipinski definition) is 14. The van der Waals surface area contributed by atoms with Crippen LogP contribution in [0.4, 0.5) is 5.69 Å². The van der Waals surface area contributed by atoms with Gasteiger partial charge in [0.15, 0.2) is 53.9 Å². The minimum atomic E-state index is 0.254. The smallest absolute Gasteiger partial charge is 0.334 e. The van der Waals surface area contributed by atoms with Crippen molar-refractivity contribution in [1.29, 1.82) is 0 Å². The lowest BCUT2D eigenvalue weighted by molar-refractivity contribution is -0.744. The van der Waals surface area contributed by atoms with Gasteiger partial charge in [0.2, 0.25) is 34.3 Å². The number of benzene rings is 10. The molecule has 1 aliphatic rings. The van der Waals surface area contributed by atoms with E-state index in [1.54, 1.807) is 6.20 Å². The summed E-state index contributed by atoms with van der Waals surface area (Å²) in [6.07, 6.45) is 18.2. The van der Waals surface area contributed by atoms with Gasteiger partial charge < -0.3 is 31.9 Å². The zero-order valence-corrected chi connectivity index (χ0v) is 70.5. The normalized spacial score (nSPS) is 12.9. The minimum absolute atomic E-state index is 0.254. The van der Waals surface area contributed by atoms with Gasteiger partial charge in [-0.25, -0.2) is 38.6 Å². The monoisotopic (exact) mass is 1620 g/mol. The Morgan fingerprint density at radius 2 is 0.734 bits per heavy atom. The third-order valence-electron chi connectivity index (χ3n) is 24.2. The predicted molar refractivity (Wildman–Crippen MR) is 493 cm³/mol. The molecule has 0 amide bonds. The third-order valence-corrected chi connectivity index (χ3v) is 24.2. The lowest BCUT2D eigenvalue weighted by atomic mass is 10.0. The van der Waals surface area contributed by atoms with Crippen molar-refractivity contribution in [2.45, 2.75) is 47.7 Å². The molecule has 0 bridgehead atoms. The Hall–Kier alpha value is -15.8. The molecule has 0 saturated carbocycles. The van der Waals surface area contributed by atoms with Crippen LogP contribution < -0.4 is 23.4 Å². The van der Waals surface area contributed by atoms with Gasteiger partial charge in [0.1, 0.15) is 35.9 Å². The summed E-state index contributed by atoms with van der Waals surface area (Å²) in [6, 6.07) is 80.8. The highest BCUT2D eigenvalue weighted by atomic mass is 16.4. The van der Waals surface area contributed by atoms with Crippen molar-refractivity contribution in [2.24, 2.45) is 35.2 Å². The van der Waals surface area contributed by atoms with Crippen LogP contribution in [0.5, 0.6) is 0 Å². The number of para-hydroxylation sites is 5. The molecule has 1 atom stereocenters. The van der Waals surface area contributed by atoms with Crippen molar-refractivity contribution in [1.82, 2.24) is 49.2 Å². The van der Waals surface area contributed by atoms with Gasteiger partial charge in [0, 0.05) is 118 Å². The number of aromatic nitrogens is 13. The summed E-state index contributed by atoms with van der Waals surface area (Å²) in [5.74, 6) is 2.00. The van der Waals surface area contributed by atoms with E-state index >= 15 is 0 Å². The number of aryl methyl sites for hydroxylation is 10. The molecule has 15 heterocycles.